The van der Waals surface area contributed by atoms with Crippen LogP contribution in [-0.2, 0) is 14.2 Å². The molecule has 9 heteroatoms. The van der Waals surface area contributed by atoms with Gasteiger partial charge in [0.05, 0.1) is 26.9 Å². The van der Waals surface area contributed by atoms with Gasteiger partial charge < -0.3 is 38.6 Å². The first-order valence-corrected chi connectivity index (χ1v) is 14.7. The molecule has 2 heterocycles. The van der Waals surface area contributed by atoms with Gasteiger partial charge >= 0.3 is 6.09 Å². The van der Waals surface area contributed by atoms with E-state index >= 15 is 0 Å². The fourth-order valence-corrected chi connectivity index (χ4v) is 5.45. The van der Waals surface area contributed by atoms with Gasteiger partial charge in [-0.1, -0.05) is 13.8 Å². The monoisotopic (exact) mass is 548 g/mol. The standard InChI is InChI=1S/C30H48N2O7/c1-21(2)28(38-26-8-9-27(35-4)29(17-26)37-13-5-12-34-3)16-22-18-31-19-23(22)20-32(24-6-7-24)30(33)39-25-10-14-36-15-11-25/h8-9,17,21-25,28,31H,5-7,10-16,18-20H2,1-4H3/t22-,23+,28?/m0/s1. The fraction of sp³-hybridized carbons (Fsp3) is 0.767. The predicted octanol–water partition coefficient (Wildman–Crippen LogP) is 4.52. The highest BCUT2D eigenvalue weighted by Gasteiger charge is 2.39. The van der Waals surface area contributed by atoms with Crippen LogP contribution in [0.15, 0.2) is 18.2 Å². The minimum Gasteiger partial charge on any atom is -0.493 e. The summed E-state index contributed by atoms with van der Waals surface area (Å²) in [4.78, 5) is 15.1. The number of hydrogen-bond donors (Lipinski definition) is 1. The van der Waals surface area contributed by atoms with Crippen LogP contribution < -0.4 is 19.5 Å². The summed E-state index contributed by atoms with van der Waals surface area (Å²) in [6, 6.07) is 6.08. The molecule has 0 spiro atoms. The molecular formula is C30H48N2O7. The van der Waals surface area contributed by atoms with E-state index in [2.05, 4.69) is 19.2 Å². The topological polar surface area (TPSA) is 87.7 Å². The van der Waals surface area contributed by atoms with Crippen LogP contribution in [0.2, 0.25) is 0 Å². The van der Waals surface area contributed by atoms with Crippen LogP contribution in [-0.4, -0.2) is 89.5 Å². The Labute approximate surface area is 233 Å². The number of nitrogens with one attached hydrogen (secondary N) is 1. The van der Waals surface area contributed by atoms with Gasteiger partial charge in [-0.15, -0.1) is 0 Å². The van der Waals surface area contributed by atoms with E-state index in [9.17, 15) is 4.79 Å². The van der Waals surface area contributed by atoms with E-state index in [-0.39, 0.29) is 18.3 Å². The summed E-state index contributed by atoms with van der Waals surface area (Å²) in [7, 11) is 3.33. The van der Waals surface area contributed by atoms with Gasteiger partial charge in [-0.2, -0.15) is 0 Å². The summed E-state index contributed by atoms with van der Waals surface area (Å²) in [6.07, 6.45) is 5.29. The lowest BCUT2D eigenvalue weighted by atomic mass is 9.87. The minimum absolute atomic E-state index is 0.0259. The SMILES string of the molecule is COCCCOc1cc(OC(C[C@H]2CNC[C@@H]2CN(C(=O)OC2CCOCC2)C2CC2)C(C)C)ccc1OC. The Morgan fingerprint density at radius 1 is 1.05 bits per heavy atom. The lowest BCUT2D eigenvalue weighted by Crippen LogP contribution is -2.42. The van der Waals surface area contributed by atoms with E-state index in [1.54, 1.807) is 14.2 Å². The summed E-state index contributed by atoms with van der Waals surface area (Å²) in [5.74, 6) is 3.26. The molecule has 0 radical (unpaired) electrons. The summed E-state index contributed by atoms with van der Waals surface area (Å²) >= 11 is 0. The summed E-state index contributed by atoms with van der Waals surface area (Å²) < 4.78 is 34.5. The van der Waals surface area contributed by atoms with Crippen molar-refractivity contribution < 1.29 is 33.2 Å². The van der Waals surface area contributed by atoms with Crippen LogP contribution in [0.3, 0.4) is 0 Å². The summed E-state index contributed by atoms with van der Waals surface area (Å²) in [6.45, 7) is 9.51. The van der Waals surface area contributed by atoms with Crippen LogP contribution >= 0.6 is 0 Å². The quantitative estimate of drug-likeness (QED) is 0.320. The van der Waals surface area contributed by atoms with Crippen LogP contribution in [0.4, 0.5) is 4.79 Å². The smallest absolute Gasteiger partial charge is 0.410 e. The van der Waals surface area contributed by atoms with E-state index < -0.39 is 0 Å². The number of nitrogens with zero attached hydrogens (tertiary/aromatic N) is 1. The maximum Gasteiger partial charge on any atom is 0.410 e. The Balaban J connectivity index is 1.36. The number of carbonyl (C=O) groups is 1. The van der Waals surface area contributed by atoms with E-state index in [1.807, 2.05) is 23.1 Å². The van der Waals surface area contributed by atoms with E-state index in [4.69, 9.17) is 28.4 Å². The molecule has 0 bridgehead atoms. The van der Waals surface area contributed by atoms with Gasteiger partial charge in [0.2, 0.25) is 0 Å². The van der Waals surface area contributed by atoms with Crippen LogP contribution in [0.25, 0.3) is 0 Å². The highest BCUT2D eigenvalue weighted by atomic mass is 16.6. The second kappa shape index (κ2) is 15.0. The molecule has 1 unspecified atom stereocenters. The Kier molecular flexibility index (Phi) is 11.4. The third kappa shape index (κ3) is 8.88. The Bertz CT molecular complexity index is 888. The number of rotatable bonds is 15. The third-order valence-corrected chi connectivity index (χ3v) is 8.02. The molecule has 9 nitrogen and oxygen atoms in total. The number of amides is 1. The lowest BCUT2D eigenvalue weighted by molar-refractivity contribution is -0.0129. The van der Waals surface area contributed by atoms with Gasteiger partial charge in [-0.25, -0.2) is 4.79 Å². The van der Waals surface area contributed by atoms with Gasteiger partial charge in [0.15, 0.2) is 11.5 Å². The van der Waals surface area contributed by atoms with E-state index in [0.717, 1.165) is 63.9 Å². The minimum atomic E-state index is -0.150. The molecule has 1 saturated carbocycles. The number of carbonyl (C=O) groups excluding carboxylic acids is 1. The molecule has 2 aliphatic heterocycles. The molecule has 1 aromatic rings. The predicted molar refractivity (Wildman–Crippen MR) is 149 cm³/mol. The Hall–Kier alpha value is -2.23. The van der Waals surface area contributed by atoms with Crippen molar-refractivity contribution in [3.05, 3.63) is 18.2 Å². The van der Waals surface area contributed by atoms with Crippen molar-refractivity contribution >= 4 is 6.09 Å². The molecule has 3 aliphatic rings. The van der Waals surface area contributed by atoms with Crippen molar-refractivity contribution in [2.24, 2.45) is 17.8 Å². The molecule has 220 valence electrons. The molecule has 1 amide bonds. The first kappa shape index (κ1) is 29.7. The number of ether oxygens (including phenoxy) is 6. The number of benzene rings is 1. The van der Waals surface area contributed by atoms with Crippen molar-refractivity contribution in [1.29, 1.82) is 0 Å². The molecule has 2 saturated heterocycles. The van der Waals surface area contributed by atoms with Gasteiger partial charge in [0, 0.05) is 51.6 Å². The fourth-order valence-electron chi connectivity index (χ4n) is 5.45. The first-order valence-electron chi connectivity index (χ1n) is 14.7. The molecule has 1 aliphatic carbocycles. The van der Waals surface area contributed by atoms with Crippen molar-refractivity contribution in [2.45, 2.75) is 70.6 Å². The van der Waals surface area contributed by atoms with E-state index in [0.29, 0.717) is 61.7 Å². The Morgan fingerprint density at radius 2 is 1.82 bits per heavy atom. The lowest BCUT2D eigenvalue weighted by Gasteiger charge is -2.32. The van der Waals surface area contributed by atoms with Gasteiger partial charge in [-0.3, -0.25) is 0 Å². The second-order valence-electron chi connectivity index (χ2n) is 11.4. The molecule has 1 N–H and O–H groups in total. The summed E-state index contributed by atoms with van der Waals surface area (Å²) in [5.41, 5.74) is 0. The van der Waals surface area contributed by atoms with Crippen molar-refractivity contribution in [1.82, 2.24) is 10.2 Å². The highest BCUT2D eigenvalue weighted by molar-refractivity contribution is 5.68. The summed E-state index contributed by atoms with van der Waals surface area (Å²) in [5, 5.41) is 3.58. The van der Waals surface area contributed by atoms with Crippen LogP contribution in [0.5, 0.6) is 17.2 Å². The second-order valence-corrected chi connectivity index (χ2v) is 11.4. The maximum atomic E-state index is 13.1. The number of hydrogen-bond acceptors (Lipinski definition) is 8. The first-order chi connectivity index (χ1) is 19.0. The molecule has 3 atom stereocenters. The molecule has 0 aromatic heterocycles. The molecular weight excluding hydrogens is 500 g/mol. The van der Waals surface area contributed by atoms with Crippen molar-refractivity contribution in [3.63, 3.8) is 0 Å². The van der Waals surface area contributed by atoms with Crippen molar-refractivity contribution in [2.75, 3.05) is 60.3 Å². The highest BCUT2D eigenvalue weighted by Crippen LogP contribution is 2.35. The zero-order valence-electron chi connectivity index (χ0n) is 24.2. The zero-order chi connectivity index (χ0) is 27.6. The largest absolute Gasteiger partial charge is 0.493 e. The zero-order valence-corrected chi connectivity index (χ0v) is 24.2. The van der Waals surface area contributed by atoms with Crippen molar-refractivity contribution in [3.8, 4) is 17.2 Å². The maximum absolute atomic E-state index is 13.1. The molecule has 39 heavy (non-hydrogen) atoms. The molecule has 1 aromatic carbocycles. The molecule has 3 fully saturated rings. The van der Waals surface area contributed by atoms with Crippen LogP contribution in [0, 0.1) is 17.8 Å². The van der Waals surface area contributed by atoms with Crippen LogP contribution in [0.1, 0.15) is 52.4 Å². The number of methoxy groups -OCH3 is 2. The van der Waals surface area contributed by atoms with E-state index in [1.165, 1.54) is 0 Å². The average Bonchev–Trinajstić information content (AvgIpc) is 3.69. The Morgan fingerprint density at radius 3 is 2.51 bits per heavy atom. The molecule has 4 rings (SSSR count). The third-order valence-electron chi connectivity index (χ3n) is 8.02. The van der Waals surface area contributed by atoms with Gasteiger partial charge in [-0.05, 0) is 62.2 Å². The average molecular weight is 549 g/mol. The van der Waals surface area contributed by atoms with Gasteiger partial charge in [0.1, 0.15) is 18.0 Å². The van der Waals surface area contributed by atoms with Gasteiger partial charge in [0.25, 0.3) is 0 Å². The normalized spacial score (nSPS) is 22.5.